The minimum absolute atomic E-state index is 0.0119. The minimum atomic E-state index is -0.403. The molecule has 1 saturated heterocycles. The Hall–Kier alpha value is -2.30. The molecule has 4 rings (SSSR count). The maximum absolute atomic E-state index is 13.4. The van der Waals surface area contributed by atoms with Crippen LogP contribution in [0.1, 0.15) is 43.3 Å². The first-order valence-corrected chi connectivity index (χ1v) is 9.25. The molecule has 5 heteroatoms. The topological polar surface area (TPSA) is 47.4 Å². The molecule has 0 N–H and O–H groups in total. The van der Waals surface area contributed by atoms with E-state index >= 15 is 0 Å². The van der Waals surface area contributed by atoms with Crippen molar-refractivity contribution in [3.8, 4) is 5.75 Å². The van der Waals surface area contributed by atoms with Gasteiger partial charge >= 0.3 is 0 Å². The molecule has 1 aliphatic carbocycles. The van der Waals surface area contributed by atoms with Crippen molar-refractivity contribution in [2.75, 3.05) is 20.2 Å². The summed E-state index contributed by atoms with van der Waals surface area (Å²) < 4.78 is 7.33. The van der Waals surface area contributed by atoms with Gasteiger partial charge < -0.3 is 9.64 Å². The number of likely N-dealkylation sites (tertiary alicyclic amines) is 1. The Bertz CT molecular complexity index is 847. The number of aryl methyl sites for hydroxylation is 2. The van der Waals surface area contributed by atoms with E-state index in [-0.39, 0.29) is 11.3 Å². The van der Waals surface area contributed by atoms with Crippen LogP contribution in [-0.2, 0) is 10.2 Å². The summed E-state index contributed by atoms with van der Waals surface area (Å²) in [5, 5.41) is 4.57. The largest absolute Gasteiger partial charge is 0.497 e. The Morgan fingerprint density at radius 1 is 1.19 bits per heavy atom. The number of amides is 1. The van der Waals surface area contributed by atoms with Crippen molar-refractivity contribution >= 4 is 5.91 Å². The first kappa shape index (κ1) is 17.1. The van der Waals surface area contributed by atoms with Gasteiger partial charge in [0.2, 0.25) is 5.91 Å². The van der Waals surface area contributed by atoms with Gasteiger partial charge in [0, 0.05) is 18.8 Å². The van der Waals surface area contributed by atoms with Gasteiger partial charge in [0.1, 0.15) is 5.75 Å². The number of carbonyl (C=O) groups is 1. The summed E-state index contributed by atoms with van der Waals surface area (Å²) in [6, 6.07) is 10.4. The van der Waals surface area contributed by atoms with Crippen LogP contribution < -0.4 is 4.74 Å². The van der Waals surface area contributed by atoms with Crippen LogP contribution in [0.3, 0.4) is 0 Å². The molecule has 2 aliphatic rings. The highest BCUT2D eigenvalue weighted by atomic mass is 16.5. The van der Waals surface area contributed by atoms with Crippen LogP contribution >= 0.6 is 0 Å². The van der Waals surface area contributed by atoms with Crippen molar-refractivity contribution in [3.05, 3.63) is 47.3 Å². The van der Waals surface area contributed by atoms with Crippen LogP contribution in [0.5, 0.6) is 5.75 Å². The van der Waals surface area contributed by atoms with Crippen LogP contribution in [0.25, 0.3) is 0 Å². The fourth-order valence-corrected chi connectivity index (χ4v) is 4.54. The highest BCUT2D eigenvalue weighted by Crippen LogP contribution is 2.65. The second-order valence-electron chi connectivity index (χ2n) is 8.43. The van der Waals surface area contributed by atoms with Crippen molar-refractivity contribution in [1.29, 1.82) is 0 Å². The zero-order chi connectivity index (χ0) is 18.7. The smallest absolute Gasteiger partial charge is 0.233 e. The summed E-state index contributed by atoms with van der Waals surface area (Å²) in [6.45, 7) is 9.95. The molecule has 138 valence electrons. The lowest BCUT2D eigenvalue weighted by Crippen LogP contribution is -2.55. The second-order valence-corrected chi connectivity index (χ2v) is 8.43. The first-order chi connectivity index (χ1) is 12.3. The number of carbonyl (C=O) groups excluding carboxylic acids is 1. The molecule has 1 aromatic carbocycles. The van der Waals surface area contributed by atoms with Crippen LogP contribution in [0.2, 0.25) is 0 Å². The van der Waals surface area contributed by atoms with E-state index in [1.54, 1.807) is 7.11 Å². The van der Waals surface area contributed by atoms with Crippen molar-refractivity contribution < 1.29 is 9.53 Å². The molecule has 1 aromatic heterocycles. The van der Waals surface area contributed by atoms with E-state index in [1.807, 2.05) is 36.1 Å². The number of rotatable bonds is 4. The van der Waals surface area contributed by atoms with E-state index in [0.29, 0.717) is 6.04 Å². The van der Waals surface area contributed by atoms with Gasteiger partial charge in [0.05, 0.1) is 24.3 Å². The number of methoxy groups -OCH3 is 1. The molecule has 0 radical (unpaired) electrons. The molecule has 2 fully saturated rings. The Balaban J connectivity index is 1.54. The molecule has 0 unspecified atom stereocenters. The Morgan fingerprint density at radius 2 is 1.81 bits per heavy atom. The quantitative estimate of drug-likeness (QED) is 0.848. The van der Waals surface area contributed by atoms with Gasteiger partial charge in [-0.05, 0) is 49.4 Å². The third-order valence-corrected chi connectivity index (χ3v) is 6.23. The van der Waals surface area contributed by atoms with E-state index in [9.17, 15) is 4.79 Å². The van der Waals surface area contributed by atoms with Gasteiger partial charge in [-0.3, -0.25) is 9.48 Å². The van der Waals surface area contributed by atoms with Gasteiger partial charge in [-0.15, -0.1) is 0 Å². The molecule has 0 spiro atoms. The second kappa shape index (κ2) is 5.60. The van der Waals surface area contributed by atoms with Gasteiger partial charge in [-0.2, -0.15) is 5.10 Å². The third kappa shape index (κ3) is 2.37. The standard InChI is InChI=1S/C21H27N3O2/c1-14-10-15(2)24(22-14)17-11-23(12-17)19(25)21(13-20(21,3)4)16-6-8-18(26-5)9-7-16/h6-10,17H,11-13H2,1-5H3/t21-/m0/s1. The summed E-state index contributed by atoms with van der Waals surface area (Å²) in [5.41, 5.74) is 2.88. The van der Waals surface area contributed by atoms with Gasteiger partial charge in [-0.1, -0.05) is 26.0 Å². The summed E-state index contributed by atoms with van der Waals surface area (Å²) in [5.74, 6) is 1.08. The summed E-state index contributed by atoms with van der Waals surface area (Å²) >= 11 is 0. The molecule has 1 saturated carbocycles. The van der Waals surface area contributed by atoms with Crippen LogP contribution in [0.15, 0.2) is 30.3 Å². The molecule has 26 heavy (non-hydrogen) atoms. The molecule has 2 aromatic rings. The molecule has 5 nitrogen and oxygen atoms in total. The van der Waals surface area contributed by atoms with Crippen LogP contribution in [0, 0.1) is 19.3 Å². The van der Waals surface area contributed by atoms with E-state index in [1.165, 1.54) is 0 Å². The van der Waals surface area contributed by atoms with Crippen LogP contribution in [0.4, 0.5) is 0 Å². The zero-order valence-corrected chi connectivity index (χ0v) is 16.2. The lowest BCUT2D eigenvalue weighted by molar-refractivity contribution is -0.141. The molecule has 0 bridgehead atoms. The Labute approximate surface area is 154 Å². The summed E-state index contributed by atoms with van der Waals surface area (Å²) in [4.78, 5) is 15.4. The lowest BCUT2D eigenvalue weighted by atomic mass is 9.85. The highest BCUT2D eigenvalue weighted by molar-refractivity contribution is 5.93. The zero-order valence-electron chi connectivity index (χ0n) is 16.2. The van der Waals surface area contributed by atoms with Gasteiger partial charge in [-0.25, -0.2) is 0 Å². The number of benzene rings is 1. The van der Waals surface area contributed by atoms with E-state index < -0.39 is 5.41 Å². The predicted molar refractivity (Wildman–Crippen MR) is 100 cm³/mol. The average molecular weight is 353 g/mol. The molecule has 1 aliphatic heterocycles. The van der Waals surface area contributed by atoms with Crippen molar-refractivity contribution in [2.45, 2.75) is 45.6 Å². The van der Waals surface area contributed by atoms with Crippen LogP contribution in [-0.4, -0.2) is 40.8 Å². The average Bonchev–Trinajstić information content (AvgIpc) is 3.01. The van der Waals surface area contributed by atoms with E-state index in [0.717, 1.165) is 42.2 Å². The van der Waals surface area contributed by atoms with Crippen molar-refractivity contribution in [3.63, 3.8) is 0 Å². The van der Waals surface area contributed by atoms with E-state index in [4.69, 9.17) is 4.74 Å². The molecular formula is C21H27N3O2. The minimum Gasteiger partial charge on any atom is -0.497 e. The highest BCUT2D eigenvalue weighted by Gasteiger charge is 2.68. The Morgan fingerprint density at radius 3 is 2.27 bits per heavy atom. The molecule has 1 amide bonds. The lowest BCUT2D eigenvalue weighted by Gasteiger charge is -2.42. The fourth-order valence-electron chi connectivity index (χ4n) is 4.54. The number of aromatic nitrogens is 2. The maximum atomic E-state index is 13.4. The van der Waals surface area contributed by atoms with Gasteiger partial charge in [0.15, 0.2) is 0 Å². The normalized spacial score (nSPS) is 24.3. The maximum Gasteiger partial charge on any atom is 0.233 e. The third-order valence-electron chi connectivity index (χ3n) is 6.23. The van der Waals surface area contributed by atoms with E-state index in [2.05, 4.69) is 36.6 Å². The number of hydrogen-bond acceptors (Lipinski definition) is 3. The monoisotopic (exact) mass is 353 g/mol. The number of ether oxygens (including phenoxy) is 1. The first-order valence-electron chi connectivity index (χ1n) is 9.25. The van der Waals surface area contributed by atoms with Crippen molar-refractivity contribution in [2.24, 2.45) is 5.41 Å². The van der Waals surface area contributed by atoms with Gasteiger partial charge in [0.25, 0.3) is 0 Å². The number of nitrogens with zero attached hydrogens (tertiary/aromatic N) is 3. The summed E-state index contributed by atoms with van der Waals surface area (Å²) in [6.07, 6.45) is 0.895. The molecular weight excluding hydrogens is 326 g/mol. The SMILES string of the molecule is COc1ccc([C@]2(C(=O)N3CC(n4nc(C)cc4C)C3)CC2(C)C)cc1. The van der Waals surface area contributed by atoms with Crippen molar-refractivity contribution in [1.82, 2.24) is 14.7 Å². The molecule has 2 heterocycles. The summed E-state index contributed by atoms with van der Waals surface area (Å²) in [7, 11) is 1.66. The Kier molecular flexibility index (Phi) is 3.69. The fraction of sp³-hybridized carbons (Fsp3) is 0.524. The molecule has 1 atom stereocenters. The predicted octanol–water partition coefficient (Wildman–Crippen LogP) is 3.26. The number of hydrogen-bond donors (Lipinski definition) is 0.